The second-order valence-corrected chi connectivity index (χ2v) is 4.94. The predicted molar refractivity (Wildman–Crippen MR) is 64.8 cm³/mol. The summed E-state index contributed by atoms with van der Waals surface area (Å²) in [5, 5.41) is 11.5. The first-order chi connectivity index (χ1) is 8.00. The van der Waals surface area contributed by atoms with E-state index in [1.54, 1.807) is 14.0 Å². The molecule has 0 bridgehead atoms. The SMILES string of the molecule is CC(CN(C)C(=O)NCCCC1CC1)C(=O)O. The maximum Gasteiger partial charge on any atom is 0.317 e. The molecule has 1 saturated carbocycles. The Bertz CT molecular complexity index is 277. The normalized spacial score (nSPS) is 16.4. The van der Waals surface area contributed by atoms with Gasteiger partial charge in [-0.25, -0.2) is 4.79 Å². The monoisotopic (exact) mass is 242 g/mol. The molecule has 98 valence electrons. The maximum atomic E-state index is 11.6. The molecule has 0 aliphatic heterocycles. The standard InChI is InChI=1S/C12H22N2O3/c1-9(11(15)16)8-14(2)12(17)13-7-3-4-10-5-6-10/h9-10H,3-8H2,1-2H3,(H,13,17)(H,15,16). The van der Waals surface area contributed by atoms with Crippen molar-refractivity contribution >= 4 is 12.0 Å². The van der Waals surface area contributed by atoms with Gasteiger partial charge in [-0.05, 0) is 18.8 Å². The van der Waals surface area contributed by atoms with Crippen LogP contribution in [0.15, 0.2) is 0 Å². The molecule has 0 aromatic heterocycles. The van der Waals surface area contributed by atoms with E-state index in [9.17, 15) is 9.59 Å². The highest BCUT2D eigenvalue weighted by Crippen LogP contribution is 2.33. The minimum absolute atomic E-state index is 0.186. The van der Waals surface area contributed by atoms with Crippen LogP contribution in [-0.4, -0.2) is 42.1 Å². The van der Waals surface area contributed by atoms with Gasteiger partial charge in [-0.15, -0.1) is 0 Å². The van der Waals surface area contributed by atoms with Gasteiger partial charge in [0.2, 0.25) is 0 Å². The Morgan fingerprint density at radius 3 is 2.65 bits per heavy atom. The predicted octanol–water partition coefficient (Wildman–Crippen LogP) is 1.54. The molecule has 1 atom stereocenters. The first kappa shape index (κ1) is 13.8. The lowest BCUT2D eigenvalue weighted by Crippen LogP contribution is -2.41. The summed E-state index contributed by atoms with van der Waals surface area (Å²) in [4.78, 5) is 23.7. The summed E-state index contributed by atoms with van der Waals surface area (Å²) >= 11 is 0. The summed E-state index contributed by atoms with van der Waals surface area (Å²) < 4.78 is 0. The van der Waals surface area contributed by atoms with E-state index in [0.29, 0.717) is 6.54 Å². The molecule has 1 aliphatic carbocycles. The van der Waals surface area contributed by atoms with Crippen LogP contribution in [0.4, 0.5) is 4.79 Å². The fourth-order valence-electron chi connectivity index (χ4n) is 1.70. The van der Waals surface area contributed by atoms with Crippen LogP contribution in [0.2, 0.25) is 0 Å². The van der Waals surface area contributed by atoms with E-state index in [4.69, 9.17) is 5.11 Å². The number of nitrogens with zero attached hydrogens (tertiary/aromatic N) is 1. The van der Waals surface area contributed by atoms with Crippen molar-refractivity contribution in [3.8, 4) is 0 Å². The number of carboxylic acid groups (broad SMARTS) is 1. The Labute approximate surface area is 102 Å². The minimum atomic E-state index is -0.876. The molecule has 0 spiro atoms. The van der Waals surface area contributed by atoms with Crippen molar-refractivity contribution in [2.75, 3.05) is 20.1 Å². The number of carbonyl (C=O) groups is 2. The average Bonchev–Trinajstić information content (AvgIpc) is 3.07. The quantitative estimate of drug-likeness (QED) is 0.665. The largest absolute Gasteiger partial charge is 0.481 e. The Morgan fingerprint density at radius 1 is 1.47 bits per heavy atom. The number of nitrogens with one attached hydrogen (secondary N) is 1. The van der Waals surface area contributed by atoms with Gasteiger partial charge in [-0.1, -0.05) is 19.8 Å². The Kier molecular flexibility index (Phi) is 5.25. The molecule has 1 rings (SSSR count). The topological polar surface area (TPSA) is 69.6 Å². The second kappa shape index (κ2) is 6.47. The number of urea groups is 1. The molecule has 0 heterocycles. The van der Waals surface area contributed by atoms with Crippen molar-refractivity contribution in [2.45, 2.75) is 32.6 Å². The van der Waals surface area contributed by atoms with Crippen LogP contribution in [0.5, 0.6) is 0 Å². The smallest absolute Gasteiger partial charge is 0.317 e. The number of amides is 2. The van der Waals surface area contributed by atoms with Crippen molar-refractivity contribution in [3.63, 3.8) is 0 Å². The average molecular weight is 242 g/mol. The van der Waals surface area contributed by atoms with Gasteiger partial charge in [0, 0.05) is 20.1 Å². The summed E-state index contributed by atoms with van der Waals surface area (Å²) in [6, 6.07) is -0.186. The van der Waals surface area contributed by atoms with Gasteiger partial charge in [0.1, 0.15) is 0 Å². The van der Waals surface area contributed by atoms with E-state index in [1.165, 1.54) is 24.2 Å². The summed E-state index contributed by atoms with van der Waals surface area (Å²) in [6.45, 7) is 2.52. The lowest BCUT2D eigenvalue weighted by atomic mass is 10.2. The van der Waals surface area contributed by atoms with Crippen LogP contribution in [0.25, 0.3) is 0 Å². The number of carboxylic acids is 1. The molecule has 1 unspecified atom stereocenters. The van der Waals surface area contributed by atoms with Gasteiger partial charge in [-0.2, -0.15) is 0 Å². The molecule has 1 aliphatic rings. The van der Waals surface area contributed by atoms with E-state index >= 15 is 0 Å². The molecule has 0 aromatic carbocycles. The number of hydrogen-bond acceptors (Lipinski definition) is 2. The number of carbonyl (C=O) groups excluding carboxylic acids is 1. The highest BCUT2D eigenvalue weighted by atomic mass is 16.4. The number of rotatable bonds is 7. The van der Waals surface area contributed by atoms with Gasteiger partial charge in [0.15, 0.2) is 0 Å². The van der Waals surface area contributed by atoms with E-state index < -0.39 is 11.9 Å². The number of hydrogen-bond donors (Lipinski definition) is 2. The van der Waals surface area contributed by atoms with E-state index in [1.807, 2.05) is 0 Å². The van der Waals surface area contributed by atoms with E-state index in [0.717, 1.165) is 12.3 Å². The van der Waals surface area contributed by atoms with Gasteiger partial charge in [0.05, 0.1) is 5.92 Å². The minimum Gasteiger partial charge on any atom is -0.481 e. The molecule has 17 heavy (non-hydrogen) atoms. The highest BCUT2D eigenvalue weighted by molar-refractivity contribution is 5.75. The molecule has 0 saturated heterocycles. The lowest BCUT2D eigenvalue weighted by molar-refractivity contribution is -0.141. The fraction of sp³-hybridized carbons (Fsp3) is 0.833. The molecule has 2 N–H and O–H groups in total. The molecule has 0 radical (unpaired) electrons. The Morgan fingerprint density at radius 2 is 2.12 bits per heavy atom. The summed E-state index contributed by atoms with van der Waals surface area (Å²) in [5.74, 6) is -0.521. The summed E-state index contributed by atoms with van der Waals surface area (Å²) in [7, 11) is 1.62. The molecular formula is C12H22N2O3. The van der Waals surface area contributed by atoms with Crippen LogP contribution in [0, 0.1) is 11.8 Å². The molecule has 5 nitrogen and oxygen atoms in total. The first-order valence-electron chi connectivity index (χ1n) is 6.22. The van der Waals surface area contributed by atoms with Crippen molar-refractivity contribution < 1.29 is 14.7 Å². The van der Waals surface area contributed by atoms with Crippen LogP contribution in [-0.2, 0) is 4.79 Å². The van der Waals surface area contributed by atoms with Gasteiger partial charge in [-0.3, -0.25) is 4.79 Å². The van der Waals surface area contributed by atoms with Crippen LogP contribution < -0.4 is 5.32 Å². The Hall–Kier alpha value is -1.26. The fourth-order valence-corrected chi connectivity index (χ4v) is 1.70. The van der Waals surface area contributed by atoms with Gasteiger partial charge >= 0.3 is 12.0 Å². The van der Waals surface area contributed by atoms with Gasteiger partial charge < -0.3 is 15.3 Å². The van der Waals surface area contributed by atoms with Crippen LogP contribution in [0.1, 0.15) is 32.6 Å². The summed E-state index contributed by atoms with van der Waals surface area (Å²) in [6.07, 6.45) is 4.88. The first-order valence-corrected chi connectivity index (χ1v) is 6.22. The molecule has 5 heteroatoms. The summed E-state index contributed by atoms with van der Waals surface area (Å²) in [5.41, 5.74) is 0. The molecular weight excluding hydrogens is 220 g/mol. The van der Waals surface area contributed by atoms with E-state index in [-0.39, 0.29) is 12.6 Å². The molecule has 0 aromatic rings. The third-order valence-corrected chi connectivity index (χ3v) is 3.08. The third-order valence-electron chi connectivity index (χ3n) is 3.08. The number of aliphatic carboxylic acids is 1. The molecule has 1 fully saturated rings. The zero-order valence-electron chi connectivity index (χ0n) is 10.6. The van der Waals surface area contributed by atoms with Crippen molar-refractivity contribution in [1.82, 2.24) is 10.2 Å². The second-order valence-electron chi connectivity index (χ2n) is 4.94. The maximum absolute atomic E-state index is 11.6. The highest BCUT2D eigenvalue weighted by Gasteiger charge is 2.20. The van der Waals surface area contributed by atoms with Crippen LogP contribution >= 0.6 is 0 Å². The van der Waals surface area contributed by atoms with Crippen molar-refractivity contribution in [2.24, 2.45) is 11.8 Å². The molecule has 2 amide bonds. The third kappa shape index (κ3) is 5.56. The Balaban J connectivity index is 2.09. The zero-order valence-corrected chi connectivity index (χ0v) is 10.6. The lowest BCUT2D eigenvalue weighted by Gasteiger charge is -2.19. The van der Waals surface area contributed by atoms with E-state index in [2.05, 4.69) is 5.32 Å². The van der Waals surface area contributed by atoms with Gasteiger partial charge in [0.25, 0.3) is 0 Å². The van der Waals surface area contributed by atoms with Crippen LogP contribution in [0.3, 0.4) is 0 Å². The zero-order chi connectivity index (χ0) is 12.8. The van der Waals surface area contributed by atoms with Crippen molar-refractivity contribution in [1.29, 1.82) is 0 Å². The van der Waals surface area contributed by atoms with Crippen molar-refractivity contribution in [3.05, 3.63) is 0 Å².